The number of rotatable bonds is 7. The van der Waals surface area contributed by atoms with E-state index in [1.807, 2.05) is 38.1 Å². The Hall–Kier alpha value is -3.48. The maximum absolute atomic E-state index is 13.7. The molecule has 0 spiro atoms. The first-order valence-electron chi connectivity index (χ1n) is 12.5. The van der Waals surface area contributed by atoms with Gasteiger partial charge < -0.3 is 14.6 Å². The number of methoxy groups -OCH3 is 1. The average Bonchev–Trinajstić information content (AvgIpc) is 3.34. The molecule has 1 aliphatic carbocycles. The standard InChI is InChI=1S/C30H30ClN3O3/c1-18-13-26(29(35)32-19(18)2)30(36)34(11-12-37-3)17-24-15-23-14-21-5-4-6-22(21)16-27(23)33-28(24)20-7-9-25(31)10-8-20/h7-10,13-16H,4-6,11-12,17H2,1-3H3,(H,32,35). The fourth-order valence-electron chi connectivity index (χ4n) is 4.98. The number of nitrogens with zero attached hydrogens (tertiary/aromatic N) is 2. The van der Waals surface area contributed by atoms with E-state index in [9.17, 15) is 9.59 Å². The Kier molecular flexibility index (Phi) is 7.13. The number of hydrogen-bond acceptors (Lipinski definition) is 4. The molecule has 1 aliphatic rings. The first-order chi connectivity index (χ1) is 17.8. The molecule has 0 bridgehead atoms. The minimum absolute atomic E-state index is 0.124. The summed E-state index contributed by atoms with van der Waals surface area (Å²) in [6, 6.07) is 15.8. The van der Waals surface area contributed by atoms with Gasteiger partial charge in [0.05, 0.1) is 17.8 Å². The van der Waals surface area contributed by atoms with E-state index in [1.54, 1.807) is 18.1 Å². The van der Waals surface area contributed by atoms with Crippen molar-refractivity contribution in [3.05, 3.63) is 97.4 Å². The summed E-state index contributed by atoms with van der Waals surface area (Å²) in [6.07, 6.45) is 3.31. The van der Waals surface area contributed by atoms with Gasteiger partial charge >= 0.3 is 0 Å². The van der Waals surface area contributed by atoms with E-state index in [0.29, 0.717) is 18.2 Å². The summed E-state index contributed by atoms with van der Waals surface area (Å²) in [6.45, 7) is 4.67. The molecule has 0 aliphatic heterocycles. The summed E-state index contributed by atoms with van der Waals surface area (Å²) in [5, 5.41) is 1.70. The zero-order valence-electron chi connectivity index (χ0n) is 21.4. The number of aryl methyl sites for hydroxylation is 4. The van der Waals surface area contributed by atoms with Crippen molar-refractivity contribution < 1.29 is 9.53 Å². The molecule has 1 N–H and O–H groups in total. The molecule has 0 fully saturated rings. The zero-order valence-corrected chi connectivity index (χ0v) is 22.1. The number of nitrogens with one attached hydrogen (secondary N) is 1. The number of pyridine rings is 2. The number of hydrogen-bond donors (Lipinski definition) is 1. The van der Waals surface area contributed by atoms with Crippen molar-refractivity contribution in [1.29, 1.82) is 0 Å². The number of carbonyl (C=O) groups excluding carboxylic acids is 1. The molecule has 0 saturated carbocycles. The molecule has 5 rings (SSSR count). The topological polar surface area (TPSA) is 75.3 Å². The van der Waals surface area contributed by atoms with Crippen LogP contribution < -0.4 is 5.56 Å². The Labute approximate surface area is 221 Å². The molecular weight excluding hydrogens is 486 g/mol. The van der Waals surface area contributed by atoms with Gasteiger partial charge in [0, 0.05) is 41.9 Å². The Morgan fingerprint density at radius 3 is 2.54 bits per heavy atom. The second kappa shape index (κ2) is 10.5. The largest absolute Gasteiger partial charge is 0.383 e. The van der Waals surface area contributed by atoms with Gasteiger partial charge in [0.15, 0.2) is 0 Å². The van der Waals surface area contributed by atoms with Crippen molar-refractivity contribution in [2.75, 3.05) is 20.3 Å². The Bertz CT molecular complexity index is 1540. The minimum Gasteiger partial charge on any atom is -0.383 e. The van der Waals surface area contributed by atoms with Crippen LogP contribution in [0.2, 0.25) is 5.02 Å². The predicted octanol–water partition coefficient (Wildman–Crippen LogP) is 5.64. The van der Waals surface area contributed by atoms with Gasteiger partial charge in [-0.2, -0.15) is 0 Å². The van der Waals surface area contributed by atoms with Crippen LogP contribution in [-0.4, -0.2) is 41.0 Å². The van der Waals surface area contributed by atoms with E-state index >= 15 is 0 Å². The Morgan fingerprint density at radius 1 is 1.08 bits per heavy atom. The number of carbonyl (C=O) groups is 1. The van der Waals surface area contributed by atoms with E-state index in [-0.39, 0.29) is 23.6 Å². The van der Waals surface area contributed by atoms with Crippen molar-refractivity contribution in [2.45, 2.75) is 39.7 Å². The van der Waals surface area contributed by atoms with Gasteiger partial charge in [-0.25, -0.2) is 4.98 Å². The Morgan fingerprint density at radius 2 is 1.81 bits per heavy atom. The number of fused-ring (bicyclic) bond motifs is 2. The molecule has 6 nitrogen and oxygen atoms in total. The monoisotopic (exact) mass is 515 g/mol. The van der Waals surface area contributed by atoms with Crippen molar-refractivity contribution in [3.8, 4) is 11.3 Å². The van der Waals surface area contributed by atoms with Crippen LogP contribution in [0, 0.1) is 13.8 Å². The highest BCUT2D eigenvalue weighted by Crippen LogP contribution is 2.32. The van der Waals surface area contributed by atoms with Gasteiger partial charge in [0.2, 0.25) is 0 Å². The van der Waals surface area contributed by atoms with Crippen LogP contribution in [-0.2, 0) is 24.1 Å². The van der Waals surface area contributed by atoms with Gasteiger partial charge in [-0.15, -0.1) is 0 Å². The third kappa shape index (κ3) is 5.17. The highest BCUT2D eigenvalue weighted by Gasteiger charge is 2.23. The lowest BCUT2D eigenvalue weighted by Gasteiger charge is -2.24. The molecule has 0 unspecified atom stereocenters. The highest BCUT2D eigenvalue weighted by atomic mass is 35.5. The highest BCUT2D eigenvalue weighted by molar-refractivity contribution is 6.30. The van der Waals surface area contributed by atoms with Crippen LogP contribution in [0.1, 0.15) is 44.7 Å². The molecule has 1 amide bonds. The first kappa shape index (κ1) is 25.2. The van der Waals surface area contributed by atoms with Crippen LogP contribution in [0.3, 0.4) is 0 Å². The average molecular weight is 516 g/mol. The number of aromatic nitrogens is 2. The van der Waals surface area contributed by atoms with Crippen LogP contribution >= 0.6 is 11.6 Å². The second-order valence-electron chi connectivity index (χ2n) is 9.71. The number of aromatic amines is 1. The predicted molar refractivity (Wildman–Crippen MR) is 147 cm³/mol. The van der Waals surface area contributed by atoms with Gasteiger partial charge in [0.25, 0.3) is 11.5 Å². The smallest absolute Gasteiger partial charge is 0.261 e. The van der Waals surface area contributed by atoms with Gasteiger partial charge in [-0.05, 0) is 91.8 Å². The quantitative estimate of drug-likeness (QED) is 0.346. The fraction of sp³-hybridized carbons (Fsp3) is 0.300. The molecule has 4 aromatic rings. The fourth-order valence-corrected chi connectivity index (χ4v) is 5.11. The summed E-state index contributed by atoms with van der Waals surface area (Å²) in [5.41, 5.74) is 7.64. The first-order valence-corrected chi connectivity index (χ1v) is 12.9. The van der Waals surface area contributed by atoms with Crippen molar-refractivity contribution in [3.63, 3.8) is 0 Å². The Balaban J connectivity index is 1.61. The molecule has 0 atom stereocenters. The lowest BCUT2D eigenvalue weighted by Crippen LogP contribution is -2.37. The molecule has 0 saturated heterocycles. The number of halogens is 1. The number of ether oxygens (including phenoxy) is 1. The van der Waals surface area contributed by atoms with Crippen LogP contribution in [0.15, 0.2) is 53.3 Å². The number of H-pyrrole nitrogens is 1. The molecular formula is C30H30ClN3O3. The molecule has 7 heteroatoms. The summed E-state index contributed by atoms with van der Waals surface area (Å²) < 4.78 is 5.31. The van der Waals surface area contributed by atoms with Gasteiger partial charge in [-0.3, -0.25) is 9.59 Å². The van der Waals surface area contributed by atoms with Gasteiger partial charge in [0.1, 0.15) is 5.56 Å². The molecule has 2 aromatic heterocycles. The van der Waals surface area contributed by atoms with Crippen LogP contribution in [0.25, 0.3) is 22.2 Å². The molecule has 0 radical (unpaired) electrons. The van der Waals surface area contributed by atoms with Crippen molar-refractivity contribution in [1.82, 2.24) is 14.9 Å². The lowest BCUT2D eigenvalue weighted by atomic mass is 10.00. The van der Waals surface area contributed by atoms with Crippen LogP contribution in [0.4, 0.5) is 0 Å². The normalized spacial score (nSPS) is 12.6. The summed E-state index contributed by atoms with van der Waals surface area (Å²) >= 11 is 6.17. The van der Waals surface area contributed by atoms with E-state index < -0.39 is 0 Å². The SMILES string of the molecule is COCCN(Cc1cc2cc3c(cc2nc1-c1ccc(Cl)cc1)CCC3)C(=O)c1cc(C)c(C)[nH]c1=O. The van der Waals surface area contributed by atoms with E-state index in [2.05, 4.69) is 23.2 Å². The third-order valence-corrected chi connectivity index (χ3v) is 7.42. The minimum atomic E-state index is -0.388. The van der Waals surface area contributed by atoms with E-state index in [4.69, 9.17) is 21.3 Å². The van der Waals surface area contributed by atoms with Crippen molar-refractivity contribution in [2.24, 2.45) is 0 Å². The number of benzene rings is 2. The van der Waals surface area contributed by atoms with Crippen LogP contribution in [0.5, 0.6) is 0 Å². The second-order valence-corrected chi connectivity index (χ2v) is 10.1. The molecule has 37 heavy (non-hydrogen) atoms. The summed E-state index contributed by atoms with van der Waals surface area (Å²) in [5.74, 6) is -0.336. The maximum Gasteiger partial charge on any atom is 0.261 e. The summed E-state index contributed by atoms with van der Waals surface area (Å²) in [4.78, 5) is 35.9. The molecule has 2 heterocycles. The van der Waals surface area contributed by atoms with E-state index in [1.165, 1.54) is 11.1 Å². The zero-order chi connectivity index (χ0) is 26.1. The van der Waals surface area contributed by atoms with Crippen molar-refractivity contribution >= 4 is 28.4 Å². The molecule has 190 valence electrons. The number of amides is 1. The lowest BCUT2D eigenvalue weighted by molar-refractivity contribution is 0.0678. The van der Waals surface area contributed by atoms with Gasteiger partial charge in [-0.1, -0.05) is 23.7 Å². The summed E-state index contributed by atoms with van der Waals surface area (Å²) in [7, 11) is 1.60. The molecule has 2 aromatic carbocycles. The third-order valence-electron chi connectivity index (χ3n) is 7.17. The van der Waals surface area contributed by atoms with E-state index in [0.717, 1.165) is 58.2 Å². The maximum atomic E-state index is 13.7.